The number of rotatable bonds is 8. The summed E-state index contributed by atoms with van der Waals surface area (Å²) in [4.78, 5) is 24.8. The topological polar surface area (TPSA) is 118 Å². The maximum Gasteiger partial charge on any atom is 0.330 e. The molecule has 9 heteroatoms. The van der Waals surface area contributed by atoms with Crippen LogP contribution in [0, 0.1) is 5.92 Å². The third-order valence-electron chi connectivity index (χ3n) is 7.48. The van der Waals surface area contributed by atoms with Crippen LogP contribution < -0.4 is 10.0 Å². The normalized spacial score (nSPS) is 18.5. The van der Waals surface area contributed by atoms with Gasteiger partial charge in [-0.3, -0.25) is 4.79 Å². The number of nitrogens with one attached hydrogen (secondary N) is 2. The number of aryl methyl sites for hydroxylation is 1. The maximum atomic E-state index is 13.3. The summed E-state index contributed by atoms with van der Waals surface area (Å²) in [5.74, 6) is -1.81. The van der Waals surface area contributed by atoms with Crippen LogP contribution >= 0.6 is 0 Å². The highest BCUT2D eigenvalue weighted by Crippen LogP contribution is 2.30. The van der Waals surface area contributed by atoms with Crippen LogP contribution in [0.5, 0.6) is 0 Å². The number of fused-ring (bicyclic) bond motifs is 1. The highest BCUT2D eigenvalue weighted by atomic mass is 32.2. The number of aliphatic carboxylic acids is 1. The van der Waals surface area contributed by atoms with E-state index in [1.807, 2.05) is 54.1 Å². The zero-order valence-corrected chi connectivity index (χ0v) is 22.4. The summed E-state index contributed by atoms with van der Waals surface area (Å²) in [6.45, 7) is 0. The number of carboxylic acids is 1. The number of carboxylic acid groups (broad SMARTS) is 1. The lowest BCUT2D eigenvalue weighted by atomic mass is 9.85. The zero-order chi connectivity index (χ0) is 27.6. The second-order valence-electron chi connectivity index (χ2n) is 10.0. The van der Waals surface area contributed by atoms with E-state index < -0.39 is 22.0 Å². The van der Waals surface area contributed by atoms with Crippen LogP contribution in [0.4, 0.5) is 0 Å². The number of hydrogen-bond acceptors (Lipinski definition) is 4. The summed E-state index contributed by atoms with van der Waals surface area (Å²) in [7, 11) is -1.84. The van der Waals surface area contributed by atoms with Gasteiger partial charge in [-0.1, -0.05) is 66.7 Å². The van der Waals surface area contributed by atoms with Crippen LogP contribution in [0.2, 0.25) is 0 Å². The molecule has 1 unspecified atom stereocenters. The molecular weight excluding hydrogens is 514 g/mol. The average molecular weight is 546 g/mol. The first-order chi connectivity index (χ1) is 18.7. The van der Waals surface area contributed by atoms with Gasteiger partial charge in [0.2, 0.25) is 15.9 Å². The molecule has 5 rings (SSSR count). The first kappa shape index (κ1) is 26.6. The Bertz CT molecular complexity index is 1590. The van der Waals surface area contributed by atoms with Crippen molar-refractivity contribution in [2.24, 2.45) is 13.0 Å². The summed E-state index contributed by atoms with van der Waals surface area (Å²) in [5, 5.41) is 13.2. The molecule has 3 aromatic carbocycles. The van der Waals surface area contributed by atoms with Crippen molar-refractivity contribution >= 4 is 32.8 Å². The first-order valence-corrected chi connectivity index (χ1v) is 14.5. The Balaban J connectivity index is 1.23. The van der Waals surface area contributed by atoms with Crippen molar-refractivity contribution in [3.05, 3.63) is 90.5 Å². The standard InChI is InChI=1S/C30H31N3O5S/c1-33-26(20-8-4-2-5-9-20)18-23-14-17-25(19-27(23)33)39(37,38)32-24-15-12-22(13-16-24)29(34)31-28(30(35)36)21-10-6-3-7-11-21/h2-11,14,17-19,22,24,28,32H,12-13,15-16H2,1H3,(H,31,34)(H,35,36). The van der Waals surface area contributed by atoms with Crippen molar-refractivity contribution in [2.45, 2.75) is 42.7 Å². The molecule has 0 saturated heterocycles. The van der Waals surface area contributed by atoms with Crippen LogP contribution in [-0.4, -0.2) is 36.0 Å². The Labute approximate surface area is 227 Å². The summed E-state index contributed by atoms with van der Waals surface area (Å²) >= 11 is 0. The fourth-order valence-electron chi connectivity index (χ4n) is 5.32. The number of amides is 1. The molecule has 1 aromatic heterocycles. The van der Waals surface area contributed by atoms with Gasteiger partial charge in [-0.05, 0) is 55.0 Å². The Kier molecular flexibility index (Phi) is 7.54. The largest absolute Gasteiger partial charge is 0.479 e. The van der Waals surface area contributed by atoms with E-state index in [2.05, 4.69) is 10.0 Å². The van der Waals surface area contributed by atoms with Gasteiger partial charge < -0.3 is 15.0 Å². The van der Waals surface area contributed by atoms with E-state index in [0.29, 0.717) is 31.2 Å². The van der Waals surface area contributed by atoms with Crippen molar-refractivity contribution in [3.8, 4) is 11.3 Å². The Hall–Kier alpha value is -3.95. The predicted octanol–water partition coefficient (Wildman–Crippen LogP) is 4.62. The monoisotopic (exact) mass is 545 g/mol. The van der Waals surface area contributed by atoms with E-state index in [9.17, 15) is 23.1 Å². The minimum Gasteiger partial charge on any atom is -0.479 e. The van der Waals surface area contributed by atoms with Crippen LogP contribution in [0.15, 0.2) is 89.8 Å². The molecule has 8 nitrogen and oxygen atoms in total. The molecule has 4 aromatic rings. The van der Waals surface area contributed by atoms with Crippen LogP contribution in [0.3, 0.4) is 0 Å². The molecule has 202 valence electrons. The molecule has 1 heterocycles. The van der Waals surface area contributed by atoms with Gasteiger partial charge in [0.15, 0.2) is 6.04 Å². The van der Waals surface area contributed by atoms with Gasteiger partial charge in [-0.25, -0.2) is 17.9 Å². The lowest BCUT2D eigenvalue weighted by Gasteiger charge is -2.29. The highest BCUT2D eigenvalue weighted by Gasteiger charge is 2.32. The van der Waals surface area contributed by atoms with Gasteiger partial charge in [-0.2, -0.15) is 0 Å². The van der Waals surface area contributed by atoms with E-state index in [-0.39, 0.29) is 22.8 Å². The molecule has 1 atom stereocenters. The van der Waals surface area contributed by atoms with Gasteiger partial charge in [0, 0.05) is 35.6 Å². The van der Waals surface area contributed by atoms with Crippen molar-refractivity contribution in [1.29, 1.82) is 0 Å². The number of nitrogens with zero attached hydrogens (tertiary/aromatic N) is 1. The smallest absolute Gasteiger partial charge is 0.330 e. The summed E-state index contributed by atoms with van der Waals surface area (Å²) in [6, 6.07) is 24.3. The van der Waals surface area contributed by atoms with Gasteiger partial charge in [0.1, 0.15) is 0 Å². The maximum absolute atomic E-state index is 13.3. The third kappa shape index (κ3) is 5.74. The fraction of sp³-hybridized carbons (Fsp3) is 0.267. The average Bonchev–Trinajstić information content (AvgIpc) is 3.28. The van der Waals surface area contributed by atoms with Crippen LogP contribution in [0.25, 0.3) is 22.2 Å². The van der Waals surface area contributed by atoms with Crippen molar-refractivity contribution in [3.63, 3.8) is 0 Å². The predicted molar refractivity (Wildman–Crippen MR) is 149 cm³/mol. The molecule has 0 spiro atoms. The highest BCUT2D eigenvalue weighted by molar-refractivity contribution is 7.89. The van der Waals surface area contributed by atoms with E-state index >= 15 is 0 Å². The molecule has 1 aliphatic rings. The van der Waals surface area contributed by atoms with Crippen molar-refractivity contribution < 1.29 is 23.1 Å². The summed E-state index contributed by atoms with van der Waals surface area (Å²) < 4.78 is 31.3. The van der Waals surface area contributed by atoms with Gasteiger partial charge in [-0.15, -0.1) is 0 Å². The second kappa shape index (κ2) is 11.0. The van der Waals surface area contributed by atoms with Crippen LogP contribution in [0.1, 0.15) is 37.3 Å². The molecule has 0 aliphatic heterocycles. The molecule has 0 radical (unpaired) electrons. The molecule has 3 N–H and O–H groups in total. The first-order valence-electron chi connectivity index (χ1n) is 13.0. The Morgan fingerprint density at radius 3 is 2.18 bits per heavy atom. The van der Waals surface area contributed by atoms with Gasteiger partial charge in [0.25, 0.3) is 0 Å². The summed E-state index contributed by atoms with van der Waals surface area (Å²) in [5.41, 5.74) is 3.38. The Morgan fingerprint density at radius 2 is 1.54 bits per heavy atom. The van der Waals surface area contributed by atoms with Crippen molar-refractivity contribution in [1.82, 2.24) is 14.6 Å². The number of sulfonamides is 1. The van der Waals surface area contributed by atoms with Crippen molar-refractivity contribution in [2.75, 3.05) is 0 Å². The number of aromatic nitrogens is 1. The lowest BCUT2D eigenvalue weighted by Crippen LogP contribution is -2.42. The molecule has 1 aliphatic carbocycles. The SMILES string of the molecule is Cn1c(-c2ccccc2)cc2ccc(S(=O)(=O)NC3CCC(C(=O)NC(C(=O)O)c4ccccc4)CC3)cc21. The Morgan fingerprint density at radius 1 is 0.897 bits per heavy atom. The molecule has 39 heavy (non-hydrogen) atoms. The number of carbonyl (C=O) groups excluding carboxylic acids is 1. The lowest BCUT2D eigenvalue weighted by molar-refractivity contribution is -0.142. The third-order valence-corrected chi connectivity index (χ3v) is 9.00. The fourth-order valence-corrected chi connectivity index (χ4v) is 6.64. The van der Waals surface area contributed by atoms with Crippen LogP contribution in [-0.2, 0) is 26.7 Å². The molecule has 0 bridgehead atoms. The van der Waals surface area contributed by atoms with E-state index in [1.165, 1.54) is 0 Å². The van der Waals surface area contributed by atoms with E-state index in [0.717, 1.165) is 22.2 Å². The van der Waals surface area contributed by atoms with E-state index in [4.69, 9.17) is 0 Å². The molecule has 1 saturated carbocycles. The quantitative estimate of drug-likeness (QED) is 0.299. The minimum atomic E-state index is -3.77. The zero-order valence-electron chi connectivity index (χ0n) is 21.6. The molecule has 1 fully saturated rings. The summed E-state index contributed by atoms with van der Waals surface area (Å²) in [6.07, 6.45) is 1.92. The molecule has 1 amide bonds. The number of hydrogen-bond donors (Lipinski definition) is 3. The number of benzene rings is 3. The minimum absolute atomic E-state index is 0.197. The van der Waals surface area contributed by atoms with Gasteiger partial charge in [0.05, 0.1) is 4.90 Å². The second-order valence-corrected chi connectivity index (χ2v) is 11.7. The van der Waals surface area contributed by atoms with Gasteiger partial charge >= 0.3 is 5.97 Å². The van der Waals surface area contributed by atoms with E-state index in [1.54, 1.807) is 42.5 Å². The number of carbonyl (C=O) groups is 2. The molecular formula is C30H31N3O5S.